The monoisotopic (exact) mass is 212 g/mol. The van der Waals surface area contributed by atoms with Gasteiger partial charge < -0.3 is 10.6 Å². The van der Waals surface area contributed by atoms with E-state index in [1.165, 1.54) is 0 Å². The van der Waals surface area contributed by atoms with Crippen LogP contribution in [0.4, 0.5) is 0 Å². The van der Waals surface area contributed by atoms with Gasteiger partial charge in [0.25, 0.3) is 0 Å². The fourth-order valence-corrected chi connectivity index (χ4v) is 1.10. The van der Waals surface area contributed by atoms with Crippen molar-refractivity contribution in [2.45, 2.75) is 6.04 Å². The molecule has 0 saturated carbocycles. The van der Waals surface area contributed by atoms with Crippen molar-refractivity contribution in [3.05, 3.63) is 49.4 Å². The topological polar surface area (TPSA) is 143 Å². The number of aliphatic hydroxyl groups excluding tert-OH is 1. The summed E-state index contributed by atoms with van der Waals surface area (Å²) in [6.45, 7) is 0. The van der Waals surface area contributed by atoms with Crippen molar-refractivity contribution < 1.29 is 19.7 Å². The molecule has 0 bridgehead atoms. The maximum Gasteiger partial charge on any atom is 0.417 e. The molecule has 0 aromatic rings. The van der Waals surface area contributed by atoms with Gasteiger partial charge >= 0.3 is 17.5 Å². The third-order valence-corrected chi connectivity index (χ3v) is 1.74. The molecule has 0 heterocycles. The minimum Gasteiger partial charge on any atom is -0.501 e. The smallest absolute Gasteiger partial charge is 0.417 e. The summed E-state index contributed by atoms with van der Waals surface area (Å²) < 4.78 is 0. The molecule has 1 rings (SSSR count). The van der Waals surface area contributed by atoms with E-state index in [9.17, 15) is 20.2 Å². The first-order chi connectivity index (χ1) is 6.99. The van der Waals surface area contributed by atoms with Crippen LogP contribution in [0.2, 0.25) is 0 Å². The zero-order valence-corrected chi connectivity index (χ0v) is 7.10. The minimum absolute atomic E-state index is 0.676. The molecule has 0 radical (unpaired) electrons. The van der Waals surface area contributed by atoms with Gasteiger partial charge in [0.2, 0.25) is 5.76 Å². The van der Waals surface area contributed by atoms with Crippen LogP contribution < -0.4 is 0 Å². The van der Waals surface area contributed by atoms with Crippen molar-refractivity contribution in [1.29, 1.82) is 0 Å². The largest absolute Gasteiger partial charge is 0.501 e. The summed E-state index contributed by atoms with van der Waals surface area (Å²) in [6.07, 6.45) is 1.64. The van der Waals surface area contributed by atoms with Gasteiger partial charge in [0, 0.05) is 11.0 Å². The second-order valence-corrected chi connectivity index (χ2v) is 2.57. The molecule has 1 aliphatic rings. The lowest BCUT2D eigenvalue weighted by Gasteiger charge is -2.05. The zero-order chi connectivity index (χ0) is 11.6. The quantitative estimate of drug-likeness (QED) is 0.294. The summed E-state index contributed by atoms with van der Waals surface area (Å²) in [5.74, 6) is -0.676. The summed E-state index contributed by atoms with van der Waals surface area (Å²) in [6, 6.07) is -1.96. The molecule has 0 spiro atoms. The van der Waals surface area contributed by atoms with Gasteiger partial charge in [-0.3, -0.25) is 20.2 Å². The van der Waals surface area contributed by atoms with E-state index >= 15 is 0 Å². The summed E-state index contributed by atoms with van der Waals surface area (Å²) in [7, 11) is 0. The predicted octanol–water partition coefficient (Wildman–Crippen LogP) is -0.0814. The molecule has 1 unspecified atom stereocenters. The molecule has 0 aromatic carbocycles. The Kier molecular flexibility index (Phi) is 2.59. The van der Waals surface area contributed by atoms with Gasteiger partial charge in [-0.25, -0.2) is 0 Å². The van der Waals surface area contributed by atoms with Crippen molar-refractivity contribution in [2.24, 2.45) is 0 Å². The van der Waals surface area contributed by atoms with Crippen molar-refractivity contribution >= 4 is 5.71 Å². The molecule has 0 aromatic heterocycles. The van der Waals surface area contributed by atoms with Gasteiger partial charge in [-0.05, 0) is 6.08 Å². The zero-order valence-electron chi connectivity index (χ0n) is 7.10. The van der Waals surface area contributed by atoms with E-state index in [1.807, 2.05) is 0 Å². The fourth-order valence-electron chi connectivity index (χ4n) is 1.10. The molecule has 78 valence electrons. The van der Waals surface area contributed by atoms with E-state index in [4.69, 9.17) is 10.6 Å². The highest BCUT2D eigenvalue weighted by Gasteiger charge is 2.50. The molecule has 1 aliphatic carbocycles. The van der Waals surface area contributed by atoms with E-state index in [1.54, 1.807) is 0 Å². The molecule has 0 amide bonds. The number of nitro groups is 2. The number of nitrogens with zero attached hydrogens (tertiary/aromatic N) is 4. The molecular weight excluding hydrogens is 208 g/mol. The van der Waals surface area contributed by atoms with Crippen LogP contribution in [0.15, 0.2) is 23.6 Å². The van der Waals surface area contributed by atoms with Crippen LogP contribution in [-0.4, -0.2) is 31.5 Å². The standard InChI is InChI=1S/C6H4N4O5/c7-8-5-4(11)2-1-3(9(12)13)6(5)10(14)15/h1-2,6,11H. The van der Waals surface area contributed by atoms with Gasteiger partial charge in [-0.2, -0.15) is 4.79 Å². The second-order valence-electron chi connectivity index (χ2n) is 2.57. The van der Waals surface area contributed by atoms with Gasteiger partial charge in [0.15, 0.2) is 0 Å². The van der Waals surface area contributed by atoms with Crippen LogP contribution >= 0.6 is 0 Å². The summed E-state index contributed by atoms with van der Waals surface area (Å²) in [5, 5.41) is 30.0. The van der Waals surface area contributed by atoms with Crippen molar-refractivity contribution in [3.8, 4) is 0 Å². The third kappa shape index (κ3) is 1.71. The highest BCUT2D eigenvalue weighted by Crippen LogP contribution is 2.17. The van der Waals surface area contributed by atoms with Crippen LogP contribution in [0.5, 0.6) is 0 Å². The Bertz CT molecular complexity index is 444. The van der Waals surface area contributed by atoms with Gasteiger partial charge in [-0.1, -0.05) is 0 Å². The summed E-state index contributed by atoms with van der Waals surface area (Å²) >= 11 is 0. The lowest BCUT2D eigenvalue weighted by atomic mass is 10.0. The van der Waals surface area contributed by atoms with Crippen molar-refractivity contribution in [2.75, 3.05) is 0 Å². The van der Waals surface area contributed by atoms with Gasteiger partial charge in [0.05, 0.1) is 4.92 Å². The summed E-state index contributed by atoms with van der Waals surface area (Å²) in [4.78, 5) is 21.4. The Labute approximate surface area is 81.9 Å². The lowest BCUT2D eigenvalue weighted by molar-refractivity contribution is -0.541. The van der Waals surface area contributed by atoms with E-state index in [-0.39, 0.29) is 0 Å². The molecule has 1 N–H and O–H groups in total. The van der Waals surface area contributed by atoms with Crippen LogP contribution in [0.1, 0.15) is 0 Å². The SMILES string of the molecule is [N-]=[N+]=C1C(O)=CC=C([N+](=O)[O-])C1[N+](=O)[O-]. The number of allylic oxidation sites excluding steroid dienone is 2. The lowest BCUT2D eigenvalue weighted by Crippen LogP contribution is -2.38. The number of hydrogen-bond acceptors (Lipinski definition) is 5. The average molecular weight is 212 g/mol. The van der Waals surface area contributed by atoms with Crippen LogP contribution in [-0.2, 0) is 0 Å². The van der Waals surface area contributed by atoms with Crippen LogP contribution in [0.25, 0.3) is 5.53 Å². The Morgan fingerprint density at radius 1 is 1.40 bits per heavy atom. The molecule has 15 heavy (non-hydrogen) atoms. The normalized spacial score (nSPS) is 20.0. The average Bonchev–Trinajstić information content (AvgIpc) is 2.16. The van der Waals surface area contributed by atoms with E-state index in [0.29, 0.717) is 0 Å². The van der Waals surface area contributed by atoms with Crippen LogP contribution in [0, 0.1) is 20.2 Å². The van der Waals surface area contributed by atoms with Crippen molar-refractivity contribution in [3.63, 3.8) is 0 Å². The number of hydrogen-bond donors (Lipinski definition) is 1. The van der Waals surface area contributed by atoms with Gasteiger partial charge in [0.1, 0.15) is 0 Å². The number of aliphatic hydroxyl groups is 1. The first-order valence-electron chi connectivity index (χ1n) is 3.60. The predicted molar refractivity (Wildman–Crippen MR) is 45.2 cm³/mol. The van der Waals surface area contributed by atoms with Crippen LogP contribution in [0.3, 0.4) is 0 Å². The highest BCUT2D eigenvalue weighted by molar-refractivity contribution is 6.00. The molecular formula is C6H4N4O5. The fraction of sp³-hybridized carbons (Fsp3) is 0.167. The molecule has 0 aliphatic heterocycles. The van der Waals surface area contributed by atoms with E-state index in [0.717, 1.165) is 12.2 Å². The Balaban J connectivity index is 3.35. The highest BCUT2D eigenvalue weighted by atomic mass is 16.6. The second kappa shape index (κ2) is 3.68. The maximum atomic E-state index is 10.5. The maximum absolute atomic E-state index is 10.5. The third-order valence-electron chi connectivity index (χ3n) is 1.74. The first kappa shape index (κ1) is 10.5. The van der Waals surface area contributed by atoms with Crippen molar-refractivity contribution in [1.82, 2.24) is 0 Å². The van der Waals surface area contributed by atoms with E-state index < -0.39 is 33.1 Å². The molecule has 9 nitrogen and oxygen atoms in total. The molecule has 0 fully saturated rings. The Morgan fingerprint density at radius 2 is 2.00 bits per heavy atom. The molecule has 0 saturated heterocycles. The van der Waals surface area contributed by atoms with E-state index in [2.05, 4.69) is 4.79 Å². The number of rotatable bonds is 2. The molecule has 9 heteroatoms. The Morgan fingerprint density at radius 3 is 2.40 bits per heavy atom. The minimum atomic E-state index is -1.96. The summed E-state index contributed by atoms with van der Waals surface area (Å²) in [5.41, 5.74) is 6.89. The first-order valence-corrected chi connectivity index (χ1v) is 3.60. The Hall–Kier alpha value is -2.54. The molecule has 1 atom stereocenters. The van der Waals surface area contributed by atoms with Gasteiger partial charge in [-0.15, -0.1) is 0 Å².